The van der Waals surface area contributed by atoms with Crippen LogP contribution in [-0.4, -0.2) is 11.5 Å². The van der Waals surface area contributed by atoms with Gasteiger partial charge in [0, 0.05) is 18.2 Å². The Hall–Kier alpha value is -1.42. The molecule has 0 spiro atoms. The Morgan fingerprint density at radius 2 is 1.86 bits per heavy atom. The first-order valence-corrected chi connectivity index (χ1v) is 7.98. The van der Waals surface area contributed by atoms with Crippen molar-refractivity contribution in [3.63, 3.8) is 0 Å². The van der Waals surface area contributed by atoms with Crippen LogP contribution in [-0.2, 0) is 0 Å². The normalized spacial score (nSPS) is 12.6. The highest BCUT2D eigenvalue weighted by Gasteiger charge is 2.10. The van der Waals surface area contributed by atoms with Crippen molar-refractivity contribution in [3.05, 3.63) is 39.9 Å². The second-order valence-corrected chi connectivity index (χ2v) is 6.12. The summed E-state index contributed by atoms with van der Waals surface area (Å²) in [7, 11) is 0. The standard InChI is InChI=1S/C17H28N2O2/c1-14(2)9-6-4-5-7-12-18-15(3)16-10-8-11-17(13-16)19(20)21/h8,10-11,13-15,18H,4-7,9,12H2,1-3H3. The summed E-state index contributed by atoms with van der Waals surface area (Å²) >= 11 is 0. The van der Waals surface area contributed by atoms with Crippen molar-refractivity contribution in [1.29, 1.82) is 0 Å². The zero-order valence-electron chi connectivity index (χ0n) is 13.5. The van der Waals surface area contributed by atoms with Crippen LogP contribution in [0.2, 0.25) is 0 Å². The van der Waals surface area contributed by atoms with Gasteiger partial charge in [-0.2, -0.15) is 0 Å². The topological polar surface area (TPSA) is 55.2 Å². The molecule has 0 amide bonds. The number of hydrogen-bond donors (Lipinski definition) is 1. The number of nitrogens with one attached hydrogen (secondary N) is 1. The van der Waals surface area contributed by atoms with Gasteiger partial charge in [0.1, 0.15) is 0 Å². The van der Waals surface area contributed by atoms with Gasteiger partial charge in [0.25, 0.3) is 5.69 Å². The van der Waals surface area contributed by atoms with E-state index in [0.717, 1.165) is 24.4 Å². The molecular weight excluding hydrogens is 264 g/mol. The van der Waals surface area contributed by atoms with Gasteiger partial charge in [-0.05, 0) is 31.4 Å². The summed E-state index contributed by atoms with van der Waals surface area (Å²) in [5.41, 5.74) is 1.14. The van der Waals surface area contributed by atoms with Crippen molar-refractivity contribution in [2.45, 2.75) is 58.9 Å². The number of nitro benzene ring substituents is 1. The molecule has 0 bridgehead atoms. The van der Waals surface area contributed by atoms with Gasteiger partial charge in [-0.1, -0.05) is 51.7 Å². The number of benzene rings is 1. The minimum absolute atomic E-state index is 0.153. The van der Waals surface area contributed by atoms with Crippen molar-refractivity contribution in [2.24, 2.45) is 5.92 Å². The van der Waals surface area contributed by atoms with Gasteiger partial charge < -0.3 is 5.32 Å². The van der Waals surface area contributed by atoms with E-state index in [4.69, 9.17) is 0 Å². The average Bonchev–Trinajstić information content (AvgIpc) is 2.45. The van der Waals surface area contributed by atoms with Gasteiger partial charge in [0.2, 0.25) is 0 Å². The molecule has 1 rings (SSSR count). The maximum Gasteiger partial charge on any atom is 0.269 e. The summed E-state index contributed by atoms with van der Waals surface area (Å²) in [6.45, 7) is 7.55. The van der Waals surface area contributed by atoms with E-state index in [1.54, 1.807) is 12.1 Å². The Labute approximate surface area is 128 Å². The monoisotopic (exact) mass is 292 g/mol. The van der Waals surface area contributed by atoms with Crippen molar-refractivity contribution in [2.75, 3.05) is 6.54 Å². The molecule has 1 N–H and O–H groups in total. The van der Waals surface area contributed by atoms with E-state index >= 15 is 0 Å². The second-order valence-electron chi connectivity index (χ2n) is 6.12. The molecule has 0 saturated heterocycles. The quantitative estimate of drug-likeness (QED) is 0.381. The third kappa shape index (κ3) is 7.23. The molecule has 1 aromatic rings. The lowest BCUT2D eigenvalue weighted by molar-refractivity contribution is -0.384. The van der Waals surface area contributed by atoms with E-state index in [0.29, 0.717) is 0 Å². The average molecular weight is 292 g/mol. The number of unbranched alkanes of at least 4 members (excludes halogenated alkanes) is 3. The van der Waals surface area contributed by atoms with Crippen molar-refractivity contribution < 1.29 is 4.92 Å². The largest absolute Gasteiger partial charge is 0.310 e. The highest BCUT2D eigenvalue weighted by Crippen LogP contribution is 2.19. The van der Waals surface area contributed by atoms with E-state index in [9.17, 15) is 10.1 Å². The maximum atomic E-state index is 10.8. The Morgan fingerprint density at radius 3 is 2.52 bits per heavy atom. The molecule has 0 saturated carbocycles. The summed E-state index contributed by atoms with van der Waals surface area (Å²) in [4.78, 5) is 10.4. The lowest BCUT2D eigenvalue weighted by atomic mass is 10.0. The third-order valence-corrected chi connectivity index (χ3v) is 3.74. The van der Waals surface area contributed by atoms with Crippen LogP contribution in [0.3, 0.4) is 0 Å². The zero-order valence-corrected chi connectivity index (χ0v) is 13.5. The number of nitrogens with zero attached hydrogens (tertiary/aromatic N) is 1. The van der Waals surface area contributed by atoms with Crippen LogP contribution in [0, 0.1) is 16.0 Å². The lowest BCUT2D eigenvalue weighted by Gasteiger charge is -2.14. The Morgan fingerprint density at radius 1 is 1.14 bits per heavy atom. The van der Waals surface area contributed by atoms with Gasteiger partial charge in [0.15, 0.2) is 0 Å². The smallest absolute Gasteiger partial charge is 0.269 e. The molecule has 0 fully saturated rings. The van der Waals surface area contributed by atoms with Crippen LogP contribution in [0.15, 0.2) is 24.3 Å². The highest BCUT2D eigenvalue weighted by molar-refractivity contribution is 5.35. The molecule has 0 aliphatic heterocycles. The number of rotatable bonds is 10. The summed E-state index contributed by atoms with van der Waals surface area (Å²) in [5, 5.41) is 14.2. The minimum Gasteiger partial charge on any atom is -0.310 e. The lowest BCUT2D eigenvalue weighted by Crippen LogP contribution is -2.19. The second kappa shape index (κ2) is 9.50. The van der Waals surface area contributed by atoms with Crippen LogP contribution < -0.4 is 5.32 Å². The Bertz CT molecular complexity index is 433. The van der Waals surface area contributed by atoms with Crippen molar-refractivity contribution in [1.82, 2.24) is 5.32 Å². The molecular formula is C17H28N2O2. The van der Waals surface area contributed by atoms with E-state index in [1.807, 2.05) is 6.07 Å². The number of non-ortho nitro benzene ring substituents is 1. The van der Waals surface area contributed by atoms with Crippen LogP contribution in [0.1, 0.15) is 64.5 Å². The first-order chi connectivity index (χ1) is 10.0. The Balaban J connectivity index is 2.23. The third-order valence-electron chi connectivity index (χ3n) is 3.74. The molecule has 4 heteroatoms. The summed E-state index contributed by atoms with van der Waals surface area (Å²) in [5.74, 6) is 0.803. The highest BCUT2D eigenvalue weighted by atomic mass is 16.6. The summed E-state index contributed by atoms with van der Waals surface area (Å²) in [6, 6.07) is 7.02. The predicted octanol–water partition coefficient (Wildman–Crippen LogP) is 4.85. The molecule has 0 aliphatic carbocycles. The molecule has 1 unspecified atom stereocenters. The molecule has 0 aromatic heterocycles. The fraction of sp³-hybridized carbons (Fsp3) is 0.647. The first kappa shape index (κ1) is 17.6. The predicted molar refractivity (Wildman–Crippen MR) is 87.4 cm³/mol. The van der Waals surface area contributed by atoms with E-state index < -0.39 is 0 Å². The van der Waals surface area contributed by atoms with Crippen molar-refractivity contribution >= 4 is 5.69 Å². The first-order valence-electron chi connectivity index (χ1n) is 7.98. The molecule has 118 valence electrons. The molecule has 0 radical (unpaired) electrons. The van der Waals surface area contributed by atoms with Gasteiger partial charge in [0.05, 0.1) is 4.92 Å². The minimum atomic E-state index is -0.342. The summed E-state index contributed by atoms with van der Waals surface area (Å²) < 4.78 is 0. The SMILES string of the molecule is CC(C)CCCCCCNC(C)c1cccc([N+](=O)[O-])c1. The fourth-order valence-corrected chi connectivity index (χ4v) is 2.38. The van der Waals surface area contributed by atoms with Crippen LogP contribution >= 0.6 is 0 Å². The van der Waals surface area contributed by atoms with Crippen LogP contribution in [0.25, 0.3) is 0 Å². The van der Waals surface area contributed by atoms with Crippen LogP contribution in [0.5, 0.6) is 0 Å². The van der Waals surface area contributed by atoms with Gasteiger partial charge in [-0.3, -0.25) is 10.1 Å². The molecule has 0 heterocycles. The molecule has 4 nitrogen and oxygen atoms in total. The van der Waals surface area contributed by atoms with Gasteiger partial charge in [-0.15, -0.1) is 0 Å². The molecule has 1 aromatic carbocycles. The molecule has 21 heavy (non-hydrogen) atoms. The Kier molecular flexibility index (Phi) is 7.98. The van der Waals surface area contributed by atoms with E-state index in [-0.39, 0.29) is 16.7 Å². The fourth-order valence-electron chi connectivity index (χ4n) is 2.38. The van der Waals surface area contributed by atoms with E-state index in [2.05, 4.69) is 26.1 Å². The van der Waals surface area contributed by atoms with Crippen molar-refractivity contribution in [3.8, 4) is 0 Å². The number of nitro groups is 1. The number of hydrogen-bond acceptors (Lipinski definition) is 3. The van der Waals surface area contributed by atoms with Crippen LogP contribution in [0.4, 0.5) is 5.69 Å². The maximum absolute atomic E-state index is 10.8. The zero-order chi connectivity index (χ0) is 15.7. The van der Waals surface area contributed by atoms with E-state index in [1.165, 1.54) is 31.7 Å². The molecule has 0 aliphatic rings. The van der Waals surface area contributed by atoms with Gasteiger partial charge in [-0.25, -0.2) is 0 Å². The summed E-state index contributed by atoms with van der Waals surface area (Å²) in [6.07, 6.45) is 6.35. The molecule has 1 atom stereocenters. The van der Waals surface area contributed by atoms with Gasteiger partial charge >= 0.3 is 0 Å².